The Labute approximate surface area is 160 Å². The fraction of sp³-hybridized carbons (Fsp3) is 0.0500. The molecule has 7 heteroatoms. The van der Waals surface area contributed by atoms with Crippen LogP contribution in [-0.2, 0) is 0 Å². The smallest absolute Gasteiger partial charge is 0.307 e. The first-order valence-corrected chi connectivity index (χ1v) is 8.46. The highest BCUT2D eigenvalue weighted by atomic mass is 35.5. The van der Waals surface area contributed by atoms with Crippen molar-refractivity contribution in [3.05, 3.63) is 88.8 Å². The number of nitrogens with one attached hydrogen (secondary N) is 2. The van der Waals surface area contributed by atoms with Crippen LogP contribution in [0.5, 0.6) is 0 Å². The summed E-state index contributed by atoms with van der Waals surface area (Å²) in [6.07, 6.45) is 1.42. The van der Waals surface area contributed by atoms with Crippen LogP contribution in [-0.4, -0.2) is 17.5 Å². The second kappa shape index (κ2) is 8.33. The SMILES string of the molecule is CC(=NNC(=O)c1ccco1)c1ccc(NC(=O)c2ccc(Cl)cc2)cc1. The number of furan rings is 1. The van der Waals surface area contributed by atoms with Crippen molar-refractivity contribution in [2.24, 2.45) is 5.10 Å². The Bertz CT molecular complexity index is 963. The Morgan fingerprint density at radius 3 is 2.22 bits per heavy atom. The van der Waals surface area contributed by atoms with Gasteiger partial charge in [0.05, 0.1) is 12.0 Å². The number of anilines is 1. The van der Waals surface area contributed by atoms with E-state index in [2.05, 4.69) is 15.8 Å². The maximum Gasteiger partial charge on any atom is 0.307 e. The lowest BCUT2D eigenvalue weighted by Gasteiger charge is -2.07. The van der Waals surface area contributed by atoms with Crippen molar-refractivity contribution in [2.45, 2.75) is 6.92 Å². The van der Waals surface area contributed by atoms with E-state index in [1.165, 1.54) is 6.26 Å². The maximum atomic E-state index is 12.2. The average Bonchev–Trinajstić information content (AvgIpc) is 3.22. The first-order chi connectivity index (χ1) is 13.0. The second-order valence-electron chi connectivity index (χ2n) is 5.65. The lowest BCUT2D eigenvalue weighted by molar-refractivity contribution is 0.0926. The third-order valence-corrected chi connectivity index (χ3v) is 3.99. The van der Waals surface area contributed by atoms with Crippen molar-refractivity contribution in [3.63, 3.8) is 0 Å². The standard InChI is InChI=1S/C20H16ClN3O3/c1-13(23-24-20(26)18-3-2-12-27-18)14-6-10-17(11-7-14)22-19(25)15-4-8-16(21)9-5-15/h2-12H,1H3,(H,22,25)(H,24,26). The summed E-state index contributed by atoms with van der Waals surface area (Å²) in [4.78, 5) is 24.0. The van der Waals surface area contributed by atoms with Crippen molar-refractivity contribution in [2.75, 3.05) is 5.32 Å². The Kier molecular flexibility index (Phi) is 5.68. The number of carbonyl (C=O) groups is 2. The molecule has 3 rings (SSSR count). The molecule has 0 unspecified atom stereocenters. The predicted octanol–water partition coefficient (Wildman–Crippen LogP) is 4.34. The van der Waals surface area contributed by atoms with Crippen molar-refractivity contribution in [1.82, 2.24) is 5.43 Å². The normalized spacial score (nSPS) is 11.1. The molecule has 0 saturated carbocycles. The van der Waals surface area contributed by atoms with Gasteiger partial charge in [-0.1, -0.05) is 23.7 Å². The second-order valence-corrected chi connectivity index (χ2v) is 6.09. The highest BCUT2D eigenvalue weighted by Gasteiger charge is 2.08. The Hall–Kier alpha value is -3.38. The summed E-state index contributed by atoms with van der Waals surface area (Å²) in [6, 6.07) is 16.9. The Balaban J connectivity index is 1.62. The van der Waals surface area contributed by atoms with Gasteiger partial charge < -0.3 is 9.73 Å². The number of halogens is 1. The monoisotopic (exact) mass is 381 g/mol. The minimum atomic E-state index is -0.425. The molecular weight excluding hydrogens is 366 g/mol. The van der Waals surface area contributed by atoms with Crippen molar-refractivity contribution < 1.29 is 14.0 Å². The molecule has 1 heterocycles. The van der Waals surface area contributed by atoms with Gasteiger partial charge in [0, 0.05) is 16.3 Å². The number of hydrogen-bond acceptors (Lipinski definition) is 4. The molecule has 3 aromatic rings. The van der Waals surface area contributed by atoms with Crippen LogP contribution < -0.4 is 10.7 Å². The Morgan fingerprint density at radius 1 is 0.926 bits per heavy atom. The summed E-state index contributed by atoms with van der Waals surface area (Å²) in [7, 11) is 0. The van der Waals surface area contributed by atoms with Gasteiger partial charge in [-0.05, 0) is 61.0 Å². The molecule has 0 saturated heterocycles. The fourth-order valence-corrected chi connectivity index (χ4v) is 2.39. The van der Waals surface area contributed by atoms with Crippen molar-refractivity contribution in [3.8, 4) is 0 Å². The first-order valence-electron chi connectivity index (χ1n) is 8.08. The number of benzene rings is 2. The number of rotatable bonds is 5. The lowest BCUT2D eigenvalue weighted by Crippen LogP contribution is -2.18. The Morgan fingerprint density at radius 2 is 1.59 bits per heavy atom. The van der Waals surface area contributed by atoms with E-state index in [-0.39, 0.29) is 11.7 Å². The molecule has 6 nitrogen and oxygen atoms in total. The number of hydrazone groups is 1. The highest BCUT2D eigenvalue weighted by Crippen LogP contribution is 2.14. The summed E-state index contributed by atoms with van der Waals surface area (Å²) in [5.74, 6) is -0.464. The minimum Gasteiger partial charge on any atom is -0.459 e. The summed E-state index contributed by atoms with van der Waals surface area (Å²) < 4.78 is 5.00. The zero-order chi connectivity index (χ0) is 19.2. The lowest BCUT2D eigenvalue weighted by atomic mass is 10.1. The molecule has 2 amide bonds. The van der Waals surface area contributed by atoms with Gasteiger partial charge in [-0.15, -0.1) is 0 Å². The molecule has 0 atom stereocenters. The molecule has 0 fully saturated rings. The third kappa shape index (κ3) is 4.83. The molecule has 0 radical (unpaired) electrons. The number of amides is 2. The molecule has 1 aromatic heterocycles. The van der Waals surface area contributed by atoms with Gasteiger partial charge in [0.15, 0.2) is 5.76 Å². The minimum absolute atomic E-state index is 0.187. The van der Waals surface area contributed by atoms with Crippen LogP contribution in [0.1, 0.15) is 33.4 Å². The largest absolute Gasteiger partial charge is 0.459 e. The van der Waals surface area contributed by atoms with Gasteiger partial charge in [0.25, 0.3) is 5.91 Å². The van der Waals surface area contributed by atoms with Gasteiger partial charge in [-0.25, -0.2) is 5.43 Å². The van der Waals surface area contributed by atoms with Crippen LogP contribution >= 0.6 is 11.6 Å². The van der Waals surface area contributed by atoms with Gasteiger partial charge in [-0.3, -0.25) is 9.59 Å². The van der Waals surface area contributed by atoms with Crippen LogP contribution in [0.15, 0.2) is 76.4 Å². The van der Waals surface area contributed by atoms with E-state index in [0.717, 1.165) is 5.56 Å². The van der Waals surface area contributed by atoms with E-state index >= 15 is 0 Å². The van der Waals surface area contributed by atoms with E-state index in [9.17, 15) is 9.59 Å². The van der Waals surface area contributed by atoms with Gasteiger partial charge >= 0.3 is 5.91 Å². The molecule has 0 bridgehead atoms. The van der Waals surface area contributed by atoms with Crippen LogP contribution in [0.3, 0.4) is 0 Å². The molecule has 0 aliphatic carbocycles. The summed E-state index contributed by atoms with van der Waals surface area (Å²) in [5, 5.41) is 7.44. The zero-order valence-electron chi connectivity index (χ0n) is 14.4. The third-order valence-electron chi connectivity index (χ3n) is 3.74. The molecule has 0 spiro atoms. The highest BCUT2D eigenvalue weighted by molar-refractivity contribution is 6.30. The molecule has 2 aromatic carbocycles. The van der Waals surface area contributed by atoms with Gasteiger partial charge in [-0.2, -0.15) is 5.10 Å². The number of carbonyl (C=O) groups excluding carboxylic acids is 2. The van der Waals surface area contributed by atoms with E-state index in [1.807, 2.05) is 0 Å². The van der Waals surface area contributed by atoms with Crippen LogP contribution in [0.2, 0.25) is 5.02 Å². The van der Waals surface area contributed by atoms with E-state index in [4.69, 9.17) is 16.0 Å². The topological polar surface area (TPSA) is 83.7 Å². The summed E-state index contributed by atoms with van der Waals surface area (Å²) in [5.41, 5.74) is 5.01. The van der Waals surface area contributed by atoms with Gasteiger partial charge in [0.1, 0.15) is 0 Å². The quantitative estimate of drug-likeness (QED) is 0.509. The summed E-state index contributed by atoms with van der Waals surface area (Å²) in [6.45, 7) is 1.77. The molecule has 136 valence electrons. The maximum absolute atomic E-state index is 12.2. The van der Waals surface area contributed by atoms with Gasteiger partial charge in [0.2, 0.25) is 0 Å². The molecule has 2 N–H and O–H groups in total. The van der Waals surface area contributed by atoms with Crippen molar-refractivity contribution >= 4 is 34.8 Å². The van der Waals surface area contributed by atoms with Crippen LogP contribution in [0, 0.1) is 0 Å². The number of nitrogens with zero attached hydrogens (tertiary/aromatic N) is 1. The van der Waals surface area contributed by atoms with E-state index < -0.39 is 5.91 Å². The molecule has 0 aliphatic rings. The van der Waals surface area contributed by atoms with Crippen LogP contribution in [0.25, 0.3) is 0 Å². The number of hydrogen-bond donors (Lipinski definition) is 2. The summed E-state index contributed by atoms with van der Waals surface area (Å²) >= 11 is 5.82. The average molecular weight is 382 g/mol. The molecule has 27 heavy (non-hydrogen) atoms. The first kappa shape index (κ1) is 18.4. The zero-order valence-corrected chi connectivity index (χ0v) is 15.2. The molecule has 0 aliphatic heterocycles. The van der Waals surface area contributed by atoms with Crippen LogP contribution in [0.4, 0.5) is 5.69 Å². The van der Waals surface area contributed by atoms with Crippen molar-refractivity contribution in [1.29, 1.82) is 0 Å². The van der Waals surface area contributed by atoms with E-state index in [1.54, 1.807) is 67.6 Å². The fourth-order valence-electron chi connectivity index (χ4n) is 2.26. The van der Waals surface area contributed by atoms with E-state index in [0.29, 0.717) is 22.0 Å². The molecular formula is C20H16ClN3O3. The predicted molar refractivity (Wildman–Crippen MR) is 104 cm³/mol.